The number of ether oxygens (including phenoxy) is 1. The fraction of sp³-hybridized carbons (Fsp3) is 0.632. The number of carbonyl (C=O) groups is 1. The topological polar surface area (TPSA) is 32.8 Å². The molecule has 0 atom stereocenters. The first kappa shape index (κ1) is 18.1. The number of rotatable bonds is 5. The van der Waals surface area contributed by atoms with Gasteiger partial charge in [0.15, 0.2) is 0 Å². The molecule has 1 spiro atoms. The van der Waals surface area contributed by atoms with Crippen LogP contribution in [0.1, 0.15) is 38.2 Å². The lowest BCUT2D eigenvalue weighted by molar-refractivity contribution is -0.138. The second-order valence-corrected chi connectivity index (χ2v) is 7.21. The Labute approximate surface area is 147 Å². The van der Waals surface area contributed by atoms with Gasteiger partial charge in [-0.1, -0.05) is 12.1 Å². The number of alkyl halides is 2. The maximum Gasteiger partial charge on any atom is 0.387 e. The number of benzene rings is 1. The van der Waals surface area contributed by atoms with E-state index in [4.69, 9.17) is 0 Å². The first-order valence-electron chi connectivity index (χ1n) is 9.03. The van der Waals surface area contributed by atoms with Crippen LogP contribution in [0, 0.1) is 5.41 Å². The van der Waals surface area contributed by atoms with Gasteiger partial charge >= 0.3 is 6.61 Å². The Morgan fingerprint density at radius 3 is 2.68 bits per heavy atom. The molecule has 0 saturated carbocycles. The van der Waals surface area contributed by atoms with Crippen molar-refractivity contribution in [2.24, 2.45) is 5.41 Å². The van der Waals surface area contributed by atoms with Gasteiger partial charge in [-0.25, -0.2) is 0 Å². The van der Waals surface area contributed by atoms with Gasteiger partial charge in [0.2, 0.25) is 5.91 Å². The molecule has 1 amide bonds. The molecule has 25 heavy (non-hydrogen) atoms. The quantitative estimate of drug-likeness (QED) is 0.813. The molecule has 3 rings (SSSR count). The minimum Gasteiger partial charge on any atom is -0.435 e. The number of halogens is 2. The SMILES string of the molecule is CCN1CC2(CCC1=O)CCN(Cc1cccc(OC(F)F)c1)CC2. The lowest BCUT2D eigenvalue weighted by atomic mass is 9.72. The Hall–Kier alpha value is -1.69. The van der Waals surface area contributed by atoms with E-state index in [9.17, 15) is 13.6 Å². The molecule has 2 heterocycles. The highest BCUT2D eigenvalue weighted by molar-refractivity contribution is 5.77. The summed E-state index contributed by atoms with van der Waals surface area (Å²) in [6, 6.07) is 6.94. The molecule has 0 unspecified atom stereocenters. The Morgan fingerprint density at radius 2 is 2.00 bits per heavy atom. The number of hydrogen-bond donors (Lipinski definition) is 0. The van der Waals surface area contributed by atoms with Crippen molar-refractivity contribution in [1.82, 2.24) is 9.80 Å². The van der Waals surface area contributed by atoms with Crippen molar-refractivity contribution in [1.29, 1.82) is 0 Å². The summed E-state index contributed by atoms with van der Waals surface area (Å²) >= 11 is 0. The minimum atomic E-state index is -2.79. The van der Waals surface area contributed by atoms with E-state index in [1.54, 1.807) is 18.2 Å². The van der Waals surface area contributed by atoms with Crippen LogP contribution in [0.2, 0.25) is 0 Å². The Bertz CT molecular complexity index is 601. The van der Waals surface area contributed by atoms with E-state index in [-0.39, 0.29) is 17.1 Å². The molecule has 6 heteroatoms. The maximum absolute atomic E-state index is 12.3. The number of hydrogen-bond acceptors (Lipinski definition) is 3. The van der Waals surface area contributed by atoms with E-state index in [2.05, 4.69) is 9.64 Å². The number of likely N-dealkylation sites (tertiary alicyclic amines) is 2. The summed E-state index contributed by atoms with van der Waals surface area (Å²) in [6.07, 6.45) is 3.84. The summed E-state index contributed by atoms with van der Waals surface area (Å²) in [6.45, 7) is 3.63. The number of nitrogens with zero attached hydrogens (tertiary/aromatic N) is 2. The summed E-state index contributed by atoms with van der Waals surface area (Å²) in [7, 11) is 0. The van der Waals surface area contributed by atoms with E-state index in [1.165, 1.54) is 0 Å². The van der Waals surface area contributed by atoms with E-state index >= 15 is 0 Å². The second kappa shape index (κ2) is 7.68. The van der Waals surface area contributed by atoms with Crippen molar-refractivity contribution in [2.45, 2.75) is 45.8 Å². The van der Waals surface area contributed by atoms with Gasteiger partial charge in [-0.2, -0.15) is 8.78 Å². The van der Waals surface area contributed by atoms with Crippen LogP contribution in [-0.2, 0) is 11.3 Å². The second-order valence-electron chi connectivity index (χ2n) is 7.21. The van der Waals surface area contributed by atoms with Gasteiger partial charge in [-0.3, -0.25) is 9.69 Å². The van der Waals surface area contributed by atoms with Crippen LogP contribution in [-0.4, -0.2) is 48.5 Å². The molecule has 2 aliphatic heterocycles. The van der Waals surface area contributed by atoms with Gasteiger partial charge in [-0.15, -0.1) is 0 Å². The third-order valence-electron chi connectivity index (χ3n) is 5.58. The van der Waals surface area contributed by atoms with Crippen molar-refractivity contribution < 1.29 is 18.3 Å². The van der Waals surface area contributed by atoms with Crippen molar-refractivity contribution in [3.8, 4) is 5.75 Å². The molecular weight excluding hydrogens is 326 g/mol. The summed E-state index contributed by atoms with van der Waals surface area (Å²) in [5, 5.41) is 0. The molecule has 0 aliphatic carbocycles. The minimum absolute atomic E-state index is 0.213. The fourth-order valence-corrected chi connectivity index (χ4v) is 4.06. The maximum atomic E-state index is 12.3. The molecule has 2 aliphatic rings. The van der Waals surface area contributed by atoms with Crippen LogP contribution in [0.4, 0.5) is 8.78 Å². The lowest BCUT2D eigenvalue weighted by Crippen LogP contribution is -2.51. The summed E-state index contributed by atoms with van der Waals surface area (Å²) in [5.41, 5.74) is 1.25. The molecule has 1 aromatic carbocycles. The van der Waals surface area contributed by atoms with Crippen molar-refractivity contribution in [3.05, 3.63) is 29.8 Å². The first-order chi connectivity index (χ1) is 12.0. The number of carbonyl (C=O) groups excluding carboxylic acids is 1. The third kappa shape index (κ3) is 4.48. The highest BCUT2D eigenvalue weighted by atomic mass is 19.3. The van der Waals surface area contributed by atoms with Crippen molar-refractivity contribution >= 4 is 5.91 Å². The predicted octanol–water partition coefficient (Wildman–Crippen LogP) is 3.51. The Kier molecular flexibility index (Phi) is 5.57. The van der Waals surface area contributed by atoms with E-state index in [0.717, 1.165) is 57.5 Å². The highest BCUT2D eigenvalue weighted by Crippen LogP contribution is 2.40. The van der Waals surface area contributed by atoms with E-state index < -0.39 is 6.61 Å². The van der Waals surface area contributed by atoms with Crippen LogP contribution in [0.5, 0.6) is 5.75 Å². The number of piperidine rings is 2. The van der Waals surface area contributed by atoms with Crippen LogP contribution in [0.3, 0.4) is 0 Å². The molecule has 0 aromatic heterocycles. The predicted molar refractivity (Wildman–Crippen MR) is 91.5 cm³/mol. The standard InChI is InChI=1S/C19H26F2N2O2/c1-2-23-14-19(7-6-17(23)24)8-10-22(11-9-19)13-15-4-3-5-16(12-15)25-18(20)21/h3-5,12,18H,2,6-11,13-14H2,1H3. The zero-order chi connectivity index (χ0) is 17.9. The van der Waals surface area contributed by atoms with Crippen LogP contribution in [0.25, 0.3) is 0 Å². The van der Waals surface area contributed by atoms with Gasteiger partial charge in [0.25, 0.3) is 0 Å². The molecule has 0 N–H and O–H groups in total. The van der Waals surface area contributed by atoms with Gasteiger partial charge in [0.05, 0.1) is 0 Å². The summed E-state index contributed by atoms with van der Waals surface area (Å²) < 4.78 is 29.2. The molecular formula is C19H26F2N2O2. The Balaban J connectivity index is 1.55. The van der Waals surface area contributed by atoms with Crippen molar-refractivity contribution in [3.63, 3.8) is 0 Å². The first-order valence-corrected chi connectivity index (χ1v) is 9.03. The molecule has 4 nitrogen and oxygen atoms in total. The van der Waals surface area contributed by atoms with Crippen LogP contribution < -0.4 is 4.74 Å². The third-order valence-corrected chi connectivity index (χ3v) is 5.58. The van der Waals surface area contributed by atoms with E-state index in [0.29, 0.717) is 6.42 Å². The highest BCUT2D eigenvalue weighted by Gasteiger charge is 2.40. The summed E-state index contributed by atoms with van der Waals surface area (Å²) in [5.74, 6) is 0.497. The summed E-state index contributed by atoms with van der Waals surface area (Å²) in [4.78, 5) is 16.3. The molecule has 1 aromatic rings. The van der Waals surface area contributed by atoms with Crippen molar-refractivity contribution in [2.75, 3.05) is 26.2 Å². The van der Waals surface area contributed by atoms with Crippen LogP contribution >= 0.6 is 0 Å². The van der Waals surface area contributed by atoms with Gasteiger partial charge in [-0.05, 0) is 62.4 Å². The van der Waals surface area contributed by atoms with Gasteiger partial charge in [0, 0.05) is 26.1 Å². The monoisotopic (exact) mass is 352 g/mol. The average molecular weight is 352 g/mol. The zero-order valence-corrected chi connectivity index (χ0v) is 14.7. The molecule has 2 saturated heterocycles. The number of amides is 1. The smallest absolute Gasteiger partial charge is 0.387 e. The molecule has 138 valence electrons. The van der Waals surface area contributed by atoms with Crippen LogP contribution in [0.15, 0.2) is 24.3 Å². The average Bonchev–Trinajstić information content (AvgIpc) is 2.59. The van der Waals surface area contributed by atoms with E-state index in [1.807, 2.05) is 17.9 Å². The zero-order valence-electron chi connectivity index (χ0n) is 14.7. The van der Waals surface area contributed by atoms with Gasteiger partial charge in [0.1, 0.15) is 5.75 Å². The Morgan fingerprint density at radius 1 is 1.24 bits per heavy atom. The molecule has 2 fully saturated rings. The molecule has 0 radical (unpaired) electrons. The normalized spacial score (nSPS) is 21.1. The fourth-order valence-electron chi connectivity index (χ4n) is 4.06. The van der Waals surface area contributed by atoms with Gasteiger partial charge < -0.3 is 9.64 Å². The molecule has 0 bridgehead atoms. The lowest BCUT2D eigenvalue weighted by Gasteiger charge is -2.47. The largest absolute Gasteiger partial charge is 0.435 e.